The molecule has 2 aromatic carbocycles. The Balaban J connectivity index is 1.66. The van der Waals surface area contributed by atoms with Gasteiger partial charge in [0.05, 0.1) is 19.1 Å². The number of ether oxygens (including phenoxy) is 1. The van der Waals surface area contributed by atoms with E-state index in [1.54, 1.807) is 25.9 Å². The van der Waals surface area contributed by atoms with E-state index in [2.05, 4.69) is 52.2 Å². The molecule has 28 heavy (non-hydrogen) atoms. The molecule has 3 heterocycles. The Kier molecular flexibility index (Phi) is 4.10. The van der Waals surface area contributed by atoms with E-state index in [1.807, 2.05) is 12.1 Å². The third kappa shape index (κ3) is 2.75. The minimum atomic E-state index is 0.279. The summed E-state index contributed by atoms with van der Waals surface area (Å²) in [4.78, 5) is 10.8. The molecule has 0 amide bonds. The number of fused-ring (bicyclic) bond motifs is 2. The second-order valence-corrected chi connectivity index (χ2v) is 7.28. The Morgan fingerprint density at radius 2 is 2.07 bits per heavy atom. The maximum atomic E-state index is 5.89. The van der Waals surface area contributed by atoms with Gasteiger partial charge in [-0.1, -0.05) is 12.1 Å². The molecule has 2 aromatic heterocycles. The highest BCUT2D eigenvalue weighted by Gasteiger charge is 2.29. The van der Waals surface area contributed by atoms with Crippen molar-refractivity contribution in [2.24, 2.45) is 0 Å². The first-order valence-corrected chi connectivity index (χ1v) is 9.36. The fourth-order valence-corrected chi connectivity index (χ4v) is 4.25. The van der Waals surface area contributed by atoms with Gasteiger partial charge in [0.2, 0.25) is 0 Å². The van der Waals surface area contributed by atoms with Crippen LogP contribution in [0.1, 0.15) is 22.6 Å². The predicted octanol–water partition coefficient (Wildman–Crippen LogP) is 4.48. The van der Waals surface area contributed by atoms with Crippen LogP contribution in [0.5, 0.6) is 5.75 Å². The maximum Gasteiger partial charge on any atom is 0.133 e. The van der Waals surface area contributed by atoms with Crippen molar-refractivity contribution in [3.63, 3.8) is 0 Å². The van der Waals surface area contributed by atoms with E-state index in [9.17, 15) is 0 Å². The summed E-state index contributed by atoms with van der Waals surface area (Å²) >= 11 is 0. The molecule has 1 unspecified atom stereocenters. The zero-order chi connectivity index (χ0) is 19.1. The van der Waals surface area contributed by atoms with Gasteiger partial charge in [0.25, 0.3) is 0 Å². The molecule has 140 valence electrons. The lowest BCUT2D eigenvalue weighted by molar-refractivity contribution is 0.286. The second kappa shape index (κ2) is 6.77. The highest BCUT2D eigenvalue weighted by atomic mass is 16.5. The van der Waals surface area contributed by atoms with Gasteiger partial charge in [-0.15, -0.1) is 0 Å². The second-order valence-electron chi connectivity index (χ2n) is 7.28. The van der Waals surface area contributed by atoms with Crippen LogP contribution in [-0.4, -0.2) is 35.6 Å². The molecule has 1 aliphatic heterocycles. The summed E-state index contributed by atoms with van der Waals surface area (Å²) in [7, 11) is 3.89. The number of nitrogens with zero attached hydrogens (tertiary/aromatic N) is 3. The maximum absolute atomic E-state index is 5.89. The number of furan rings is 1. The first-order valence-electron chi connectivity index (χ1n) is 9.36. The lowest BCUT2D eigenvalue weighted by Gasteiger charge is -2.34. The monoisotopic (exact) mass is 371 g/mol. The summed E-state index contributed by atoms with van der Waals surface area (Å²) in [6.07, 6.45) is 5.08. The zero-order valence-electron chi connectivity index (χ0n) is 15.9. The Bertz CT molecular complexity index is 1140. The number of rotatable bonds is 3. The number of hydrogen-bond donors (Lipinski definition) is 0. The number of hydrogen-bond acceptors (Lipinski definition) is 5. The van der Waals surface area contributed by atoms with Gasteiger partial charge in [0, 0.05) is 41.7 Å². The first-order chi connectivity index (χ1) is 13.7. The molecule has 4 aromatic rings. The molecule has 5 heteroatoms. The van der Waals surface area contributed by atoms with Crippen LogP contribution < -0.4 is 4.74 Å². The van der Waals surface area contributed by atoms with Crippen molar-refractivity contribution in [2.45, 2.75) is 12.5 Å². The molecule has 0 N–H and O–H groups in total. The Morgan fingerprint density at radius 1 is 1.14 bits per heavy atom. The van der Waals surface area contributed by atoms with Crippen LogP contribution >= 0.6 is 0 Å². The minimum absolute atomic E-state index is 0.279. The van der Waals surface area contributed by atoms with E-state index in [0.717, 1.165) is 41.1 Å². The Morgan fingerprint density at radius 3 is 2.89 bits per heavy atom. The molecule has 0 radical (unpaired) electrons. The largest absolute Gasteiger partial charge is 0.496 e. The van der Waals surface area contributed by atoms with E-state index in [4.69, 9.17) is 9.15 Å². The molecule has 0 fully saturated rings. The van der Waals surface area contributed by atoms with Gasteiger partial charge in [-0.3, -0.25) is 0 Å². The van der Waals surface area contributed by atoms with Crippen LogP contribution in [0, 0.1) is 0 Å². The van der Waals surface area contributed by atoms with Crippen LogP contribution in [0.15, 0.2) is 65.7 Å². The van der Waals surface area contributed by atoms with Crippen LogP contribution in [0.25, 0.3) is 22.2 Å². The van der Waals surface area contributed by atoms with Crippen LogP contribution in [-0.2, 0) is 6.54 Å². The average molecular weight is 371 g/mol. The van der Waals surface area contributed by atoms with Crippen LogP contribution in [0.4, 0.5) is 0 Å². The van der Waals surface area contributed by atoms with Crippen LogP contribution in [0.3, 0.4) is 0 Å². The summed E-state index contributed by atoms with van der Waals surface area (Å²) in [5.74, 6) is 1.18. The SMILES string of the molecule is COc1c(-c2ccncn2)ccc2c1CN(C)CC2c1ccc2occc2c1. The standard InChI is InChI=1S/C23H21N3O2/c1-26-12-19(15-3-6-22-16(11-15)8-10-28-22)17-4-5-18(21-7-9-24-14-25-21)23(27-2)20(17)13-26/h3-11,14,19H,12-13H2,1-2H3. The smallest absolute Gasteiger partial charge is 0.133 e. The van der Waals surface area contributed by atoms with E-state index in [1.165, 1.54) is 16.7 Å². The van der Waals surface area contributed by atoms with Crippen LogP contribution in [0.2, 0.25) is 0 Å². The summed E-state index contributed by atoms with van der Waals surface area (Å²) in [6, 6.07) is 14.8. The molecular formula is C23H21N3O2. The predicted molar refractivity (Wildman–Crippen MR) is 108 cm³/mol. The molecule has 5 nitrogen and oxygen atoms in total. The molecule has 0 saturated heterocycles. The molecule has 1 aliphatic rings. The van der Waals surface area contributed by atoms with Crippen molar-refractivity contribution in [2.75, 3.05) is 20.7 Å². The third-order valence-corrected chi connectivity index (χ3v) is 5.54. The highest BCUT2D eigenvalue weighted by Crippen LogP contribution is 2.42. The fourth-order valence-electron chi connectivity index (χ4n) is 4.25. The molecule has 0 spiro atoms. The molecule has 1 atom stereocenters. The molecule has 0 saturated carbocycles. The van der Waals surface area contributed by atoms with Crippen molar-refractivity contribution in [3.05, 3.63) is 77.9 Å². The third-order valence-electron chi connectivity index (χ3n) is 5.54. The topological polar surface area (TPSA) is 51.4 Å². The highest BCUT2D eigenvalue weighted by molar-refractivity contribution is 5.78. The normalized spacial score (nSPS) is 16.9. The van der Waals surface area contributed by atoms with Crippen molar-refractivity contribution >= 4 is 11.0 Å². The van der Waals surface area contributed by atoms with Gasteiger partial charge in [-0.2, -0.15) is 0 Å². The van der Waals surface area contributed by atoms with Gasteiger partial charge >= 0.3 is 0 Å². The lowest BCUT2D eigenvalue weighted by atomic mass is 9.83. The van der Waals surface area contributed by atoms with Gasteiger partial charge in [0.15, 0.2) is 0 Å². The van der Waals surface area contributed by atoms with E-state index >= 15 is 0 Å². The number of aromatic nitrogens is 2. The van der Waals surface area contributed by atoms with E-state index < -0.39 is 0 Å². The van der Waals surface area contributed by atoms with Crippen molar-refractivity contribution in [1.82, 2.24) is 14.9 Å². The summed E-state index contributed by atoms with van der Waals surface area (Å²) in [6.45, 7) is 1.81. The Labute approximate surface area is 163 Å². The van der Waals surface area contributed by atoms with Gasteiger partial charge < -0.3 is 14.1 Å². The molecule has 5 rings (SSSR count). The number of likely N-dealkylation sites (N-methyl/N-ethyl adjacent to an activating group) is 1. The Hall–Kier alpha value is -3.18. The van der Waals surface area contributed by atoms with E-state index in [0.29, 0.717) is 0 Å². The molecule has 0 aliphatic carbocycles. The number of benzene rings is 2. The average Bonchev–Trinajstić information content (AvgIpc) is 3.20. The van der Waals surface area contributed by atoms with Gasteiger partial charge in [0.1, 0.15) is 17.7 Å². The minimum Gasteiger partial charge on any atom is -0.496 e. The first kappa shape index (κ1) is 17.0. The summed E-state index contributed by atoms with van der Waals surface area (Å²) in [5.41, 5.74) is 6.63. The summed E-state index contributed by atoms with van der Waals surface area (Å²) in [5, 5.41) is 1.14. The van der Waals surface area contributed by atoms with Crippen molar-refractivity contribution in [3.8, 4) is 17.0 Å². The van der Waals surface area contributed by atoms with E-state index in [-0.39, 0.29) is 5.92 Å². The van der Waals surface area contributed by atoms with Crippen molar-refractivity contribution in [1.29, 1.82) is 0 Å². The zero-order valence-corrected chi connectivity index (χ0v) is 15.9. The lowest BCUT2D eigenvalue weighted by Crippen LogP contribution is -2.31. The quantitative estimate of drug-likeness (QED) is 0.532. The number of methoxy groups -OCH3 is 1. The van der Waals surface area contributed by atoms with Gasteiger partial charge in [-0.05, 0) is 48.5 Å². The molecular weight excluding hydrogens is 350 g/mol. The van der Waals surface area contributed by atoms with Gasteiger partial charge in [-0.25, -0.2) is 9.97 Å². The molecule has 0 bridgehead atoms. The summed E-state index contributed by atoms with van der Waals surface area (Å²) < 4.78 is 11.4. The fraction of sp³-hybridized carbons (Fsp3) is 0.217. The van der Waals surface area contributed by atoms with Crippen molar-refractivity contribution < 1.29 is 9.15 Å².